The highest BCUT2D eigenvalue weighted by Gasteiger charge is 2.22. The summed E-state index contributed by atoms with van der Waals surface area (Å²) in [5.41, 5.74) is 1.02. The van der Waals surface area contributed by atoms with Crippen LogP contribution < -0.4 is 10.5 Å². The van der Waals surface area contributed by atoms with Crippen LogP contribution in [0.4, 0.5) is 14.5 Å². The van der Waals surface area contributed by atoms with Crippen molar-refractivity contribution in [2.45, 2.75) is 13.0 Å². The minimum absolute atomic E-state index is 0.0520. The molecule has 2 aromatic rings. The van der Waals surface area contributed by atoms with Crippen LogP contribution in [0.1, 0.15) is 0 Å². The van der Waals surface area contributed by atoms with Crippen molar-refractivity contribution < 1.29 is 18.3 Å². The second-order valence-electron chi connectivity index (χ2n) is 7.56. The van der Waals surface area contributed by atoms with Gasteiger partial charge in [0, 0.05) is 51.5 Å². The molecule has 2 saturated heterocycles. The summed E-state index contributed by atoms with van der Waals surface area (Å²) >= 11 is 0. The number of hydrogen-bond donors (Lipinski definition) is 0. The Morgan fingerprint density at radius 2 is 1.87 bits per heavy atom. The predicted molar refractivity (Wildman–Crippen MR) is 108 cm³/mol. The number of carbonyl (C=O) groups is 1. The Hall–Kier alpha value is -2.59. The molecule has 2 fully saturated rings. The number of aromatic nitrogens is 2. The molecule has 162 valence electrons. The van der Waals surface area contributed by atoms with E-state index in [1.54, 1.807) is 6.07 Å². The van der Waals surface area contributed by atoms with Crippen molar-refractivity contribution in [3.05, 3.63) is 34.9 Å². The van der Waals surface area contributed by atoms with Gasteiger partial charge in [-0.15, -0.1) is 0 Å². The lowest BCUT2D eigenvalue weighted by Gasteiger charge is -2.37. The third-order valence-electron chi connectivity index (χ3n) is 5.65. The molecule has 0 aliphatic carbocycles. The van der Waals surface area contributed by atoms with E-state index in [9.17, 15) is 18.4 Å². The van der Waals surface area contributed by atoms with Crippen molar-refractivity contribution in [3.8, 4) is 0 Å². The first-order valence-electron chi connectivity index (χ1n) is 10.1. The molecule has 0 spiro atoms. The Morgan fingerprint density at radius 3 is 2.60 bits per heavy atom. The van der Waals surface area contributed by atoms with Gasteiger partial charge in [-0.1, -0.05) is 0 Å². The largest absolute Gasteiger partial charge is 0.370 e. The van der Waals surface area contributed by atoms with E-state index < -0.39 is 18.5 Å². The molecule has 1 aromatic carbocycles. The molecule has 1 aromatic heterocycles. The van der Waals surface area contributed by atoms with Gasteiger partial charge in [-0.3, -0.25) is 19.1 Å². The Morgan fingerprint density at radius 1 is 1.07 bits per heavy atom. The van der Waals surface area contributed by atoms with Crippen molar-refractivity contribution >= 4 is 22.5 Å². The van der Waals surface area contributed by atoms with Crippen LogP contribution in [-0.4, -0.2) is 90.7 Å². The van der Waals surface area contributed by atoms with Crippen molar-refractivity contribution in [1.29, 1.82) is 0 Å². The number of anilines is 1. The van der Waals surface area contributed by atoms with Crippen LogP contribution in [0.2, 0.25) is 0 Å². The lowest BCUT2D eigenvalue weighted by atomic mass is 10.2. The number of benzene rings is 1. The molecule has 2 aliphatic rings. The molecule has 0 N–H and O–H groups in total. The van der Waals surface area contributed by atoms with Crippen molar-refractivity contribution in [2.24, 2.45) is 0 Å². The summed E-state index contributed by atoms with van der Waals surface area (Å²) in [7, 11) is 0. The van der Waals surface area contributed by atoms with Crippen LogP contribution in [0.15, 0.2) is 29.3 Å². The molecule has 8 nitrogen and oxygen atoms in total. The molecule has 1 amide bonds. The van der Waals surface area contributed by atoms with E-state index in [4.69, 9.17) is 4.74 Å². The molecule has 0 unspecified atom stereocenters. The molecule has 2 aliphatic heterocycles. The first-order valence-corrected chi connectivity index (χ1v) is 10.1. The maximum absolute atomic E-state index is 12.6. The molecule has 0 saturated carbocycles. The number of piperazine rings is 1. The number of fused-ring (bicyclic) bond motifs is 1. The molecule has 0 radical (unpaired) electrons. The fourth-order valence-electron chi connectivity index (χ4n) is 3.90. The van der Waals surface area contributed by atoms with Crippen LogP contribution in [0.3, 0.4) is 0 Å². The second kappa shape index (κ2) is 9.05. The maximum atomic E-state index is 12.6. The summed E-state index contributed by atoms with van der Waals surface area (Å²) in [6, 6.07) is 5.35. The number of carbonyl (C=O) groups excluding carboxylic acids is 1. The molecule has 30 heavy (non-hydrogen) atoms. The number of amides is 1. The molecule has 3 heterocycles. The molecular formula is C20H25F2N5O3. The van der Waals surface area contributed by atoms with E-state index in [2.05, 4.69) is 14.8 Å². The van der Waals surface area contributed by atoms with Crippen LogP contribution in [0.5, 0.6) is 0 Å². The van der Waals surface area contributed by atoms with Crippen molar-refractivity contribution in [1.82, 2.24) is 19.4 Å². The normalized spacial score (nSPS) is 18.6. The summed E-state index contributed by atoms with van der Waals surface area (Å²) < 4.78 is 31.3. The highest BCUT2D eigenvalue weighted by molar-refractivity contribution is 5.81. The average molecular weight is 421 g/mol. The number of halogens is 2. The number of nitrogens with zero attached hydrogens (tertiary/aromatic N) is 5. The van der Waals surface area contributed by atoms with Gasteiger partial charge in [0.1, 0.15) is 6.61 Å². The Balaban J connectivity index is 1.36. The number of hydrogen-bond acceptors (Lipinski definition) is 6. The summed E-state index contributed by atoms with van der Waals surface area (Å²) in [4.78, 5) is 34.8. The number of rotatable bonds is 6. The van der Waals surface area contributed by atoms with Gasteiger partial charge in [0.2, 0.25) is 5.91 Å². The summed E-state index contributed by atoms with van der Waals surface area (Å²) in [6.07, 6.45) is -1.41. The molecule has 4 rings (SSSR count). The number of ether oxygens (including phenoxy) is 1. The van der Waals surface area contributed by atoms with Gasteiger partial charge >= 0.3 is 0 Å². The Labute approximate surface area is 172 Å². The Kier molecular flexibility index (Phi) is 6.24. The van der Waals surface area contributed by atoms with Gasteiger partial charge < -0.3 is 14.5 Å². The maximum Gasteiger partial charge on any atom is 0.261 e. The van der Waals surface area contributed by atoms with Gasteiger partial charge in [0.25, 0.3) is 12.0 Å². The van der Waals surface area contributed by atoms with E-state index in [-0.39, 0.29) is 12.5 Å². The van der Waals surface area contributed by atoms with Crippen LogP contribution in [0, 0.1) is 0 Å². The van der Waals surface area contributed by atoms with Gasteiger partial charge in [-0.05, 0) is 18.2 Å². The SMILES string of the molecule is O=C1COCCN1CCN1CCN(c2ccc3c(=O)n(CC(F)F)cnc3c2)CC1. The first kappa shape index (κ1) is 20.7. The monoisotopic (exact) mass is 421 g/mol. The van der Waals surface area contributed by atoms with Crippen LogP contribution in [-0.2, 0) is 16.1 Å². The predicted octanol–water partition coefficient (Wildman–Crippen LogP) is 0.642. The topological polar surface area (TPSA) is 70.9 Å². The van der Waals surface area contributed by atoms with Gasteiger partial charge in [-0.25, -0.2) is 13.8 Å². The van der Waals surface area contributed by atoms with Crippen LogP contribution >= 0.6 is 0 Å². The average Bonchev–Trinajstić information content (AvgIpc) is 2.75. The molecule has 0 bridgehead atoms. The van der Waals surface area contributed by atoms with Crippen molar-refractivity contribution in [3.63, 3.8) is 0 Å². The lowest BCUT2D eigenvalue weighted by molar-refractivity contribution is -0.142. The summed E-state index contributed by atoms with van der Waals surface area (Å²) in [5, 5.41) is 0.343. The van der Waals surface area contributed by atoms with Gasteiger partial charge in [0.05, 0.1) is 30.4 Å². The highest BCUT2D eigenvalue weighted by atomic mass is 19.3. The smallest absolute Gasteiger partial charge is 0.261 e. The zero-order valence-corrected chi connectivity index (χ0v) is 16.7. The number of alkyl halides is 2. The van der Waals surface area contributed by atoms with E-state index >= 15 is 0 Å². The van der Waals surface area contributed by atoms with E-state index in [1.807, 2.05) is 17.0 Å². The zero-order chi connectivity index (χ0) is 21.1. The van der Waals surface area contributed by atoms with Crippen molar-refractivity contribution in [2.75, 3.05) is 63.9 Å². The highest BCUT2D eigenvalue weighted by Crippen LogP contribution is 2.20. The minimum Gasteiger partial charge on any atom is -0.370 e. The lowest BCUT2D eigenvalue weighted by Crippen LogP contribution is -2.50. The summed E-state index contributed by atoms with van der Waals surface area (Å²) in [6.45, 7) is 5.73. The molecular weight excluding hydrogens is 396 g/mol. The third-order valence-corrected chi connectivity index (χ3v) is 5.65. The first-order chi connectivity index (χ1) is 14.5. The summed E-state index contributed by atoms with van der Waals surface area (Å²) in [5.74, 6) is 0.0520. The zero-order valence-electron chi connectivity index (χ0n) is 16.7. The van der Waals surface area contributed by atoms with Gasteiger partial charge in [0.15, 0.2) is 0 Å². The number of morpholine rings is 1. The molecule has 10 heteroatoms. The Bertz CT molecular complexity index is 959. The van der Waals surface area contributed by atoms with E-state index in [1.165, 1.54) is 6.33 Å². The third kappa shape index (κ3) is 4.59. The van der Waals surface area contributed by atoms with Gasteiger partial charge in [-0.2, -0.15) is 0 Å². The fraction of sp³-hybridized carbons (Fsp3) is 0.550. The minimum atomic E-state index is -2.60. The quantitative estimate of drug-likeness (QED) is 0.682. The van der Waals surface area contributed by atoms with Crippen LogP contribution in [0.25, 0.3) is 10.9 Å². The van der Waals surface area contributed by atoms with E-state index in [0.717, 1.165) is 43.0 Å². The second-order valence-corrected chi connectivity index (χ2v) is 7.56. The molecule has 0 atom stereocenters. The fourth-order valence-corrected chi connectivity index (χ4v) is 3.90. The standard InChI is InChI=1S/C20H25F2N5O3/c21-18(22)12-27-14-23-17-11-15(1-2-16(17)20(27)29)25-6-3-24(4-7-25)5-8-26-9-10-30-13-19(26)28/h1-2,11,14,18H,3-10,12-13H2. The van der Waals surface area contributed by atoms with E-state index in [0.29, 0.717) is 30.6 Å².